The maximum absolute atomic E-state index is 13.4. The zero-order chi connectivity index (χ0) is 18.7. The van der Waals surface area contributed by atoms with Gasteiger partial charge in [0.1, 0.15) is 0 Å². The van der Waals surface area contributed by atoms with Gasteiger partial charge in [-0.1, -0.05) is 94.8 Å². The van der Waals surface area contributed by atoms with E-state index in [0.29, 0.717) is 0 Å². The third-order valence-electron chi connectivity index (χ3n) is 5.32. The molecular formula is C25H21BrO. The maximum atomic E-state index is 13.4. The molecule has 0 unspecified atom stereocenters. The second-order valence-corrected chi connectivity index (χ2v) is 8.18. The van der Waals surface area contributed by atoms with Gasteiger partial charge in [-0.15, -0.1) is 0 Å². The van der Waals surface area contributed by atoms with Gasteiger partial charge in [-0.25, -0.2) is 0 Å². The van der Waals surface area contributed by atoms with Crippen LogP contribution in [0.3, 0.4) is 0 Å². The summed E-state index contributed by atoms with van der Waals surface area (Å²) < 4.78 is 1.05. The average molecular weight is 417 g/mol. The van der Waals surface area contributed by atoms with Gasteiger partial charge in [0.2, 0.25) is 0 Å². The van der Waals surface area contributed by atoms with E-state index in [1.807, 2.05) is 48.5 Å². The van der Waals surface area contributed by atoms with Crippen LogP contribution < -0.4 is 0 Å². The van der Waals surface area contributed by atoms with E-state index < -0.39 is 5.41 Å². The van der Waals surface area contributed by atoms with Crippen LogP contribution in [-0.4, -0.2) is 5.78 Å². The number of carbonyl (C=O) groups excluding carboxylic acids is 1. The number of carbonyl (C=O) groups is 1. The Labute approximate surface area is 168 Å². The van der Waals surface area contributed by atoms with Crippen LogP contribution in [0.5, 0.6) is 0 Å². The lowest BCUT2D eigenvalue weighted by Gasteiger charge is -2.26. The Balaban J connectivity index is 1.66. The molecule has 3 aromatic carbocycles. The van der Waals surface area contributed by atoms with E-state index in [1.165, 1.54) is 11.1 Å². The predicted octanol–water partition coefficient (Wildman–Crippen LogP) is 6.52. The number of halogens is 1. The molecule has 0 spiro atoms. The lowest BCUT2D eigenvalue weighted by Crippen LogP contribution is -2.30. The van der Waals surface area contributed by atoms with Crippen molar-refractivity contribution in [1.82, 2.24) is 0 Å². The highest BCUT2D eigenvalue weighted by Gasteiger charge is 2.44. The number of fused-ring (bicyclic) bond motifs is 1. The number of allylic oxidation sites excluding steroid dienone is 1. The summed E-state index contributed by atoms with van der Waals surface area (Å²) in [6, 6.07) is 26.6. The summed E-state index contributed by atoms with van der Waals surface area (Å²) in [6.45, 7) is 0. The number of Topliss-reactive ketones (excluding diaryl/α,β-unsaturated/α-hetero) is 1. The average Bonchev–Trinajstić information content (AvgIpc) is 2.95. The molecule has 0 saturated carbocycles. The number of hydrogen-bond acceptors (Lipinski definition) is 1. The van der Waals surface area contributed by atoms with Crippen LogP contribution in [0, 0.1) is 5.41 Å². The first kappa shape index (κ1) is 17.9. The van der Waals surface area contributed by atoms with Gasteiger partial charge in [0.05, 0.1) is 0 Å². The second kappa shape index (κ2) is 7.66. The Morgan fingerprint density at radius 1 is 0.926 bits per heavy atom. The van der Waals surface area contributed by atoms with Gasteiger partial charge in [-0.2, -0.15) is 0 Å². The molecule has 0 radical (unpaired) electrons. The van der Waals surface area contributed by atoms with Crippen LogP contribution in [0.1, 0.15) is 33.5 Å². The van der Waals surface area contributed by atoms with Crippen molar-refractivity contribution in [2.24, 2.45) is 5.41 Å². The summed E-state index contributed by atoms with van der Waals surface area (Å²) in [5, 5.41) is 0. The molecule has 0 amide bonds. The van der Waals surface area contributed by atoms with E-state index in [1.54, 1.807) is 0 Å². The molecule has 0 bridgehead atoms. The topological polar surface area (TPSA) is 17.1 Å². The van der Waals surface area contributed by atoms with E-state index in [9.17, 15) is 4.79 Å². The summed E-state index contributed by atoms with van der Waals surface area (Å²) in [4.78, 5) is 13.4. The molecule has 1 atom stereocenters. The van der Waals surface area contributed by atoms with Crippen molar-refractivity contribution in [2.45, 2.75) is 19.3 Å². The van der Waals surface area contributed by atoms with Crippen molar-refractivity contribution in [3.05, 3.63) is 112 Å². The van der Waals surface area contributed by atoms with E-state index in [0.717, 1.165) is 34.9 Å². The molecule has 0 aliphatic heterocycles. The molecule has 1 aliphatic carbocycles. The van der Waals surface area contributed by atoms with Crippen molar-refractivity contribution in [3.63, 3.8) is 0 Å². The van der Waals surface area contributed by atoms with Gasteiger partial charge in [0.25, 0.3) is 0 Å². The predicted molar refractivity (Wildman–Crippen MR) is 115 cm³/mol. The molecule has 0 aromatic heterocycles. The largest absolute Gasteiger partial charge is 0.294 e. The Morgan fingerprint density at radius 3 is 2.48 bits per heavy atom. The SMILES string of the molecule is O=C1c2ccccc2C[C@]1(C/C=C/c1ccccc1)Cc1cccc(Br)c1. The van der Waals surface area contributed by atoms with E-state index in [4.69, 9.17) is 0 Å². The zero-order valence-corrected chi connectivity index (χ0v) is 16.7. The molecule has 2 heteroatoms. The van der Waals surface area contributed by atoms with Gasteiger partial charge in [-0.3, -0.25) is 4.79 Å². The third-order valence-corrected chi connectivity index (χ3v) is 5.82. The van der Waals surface area contributed by atoms with Crippen molar-refractivity contribution < 1.29 is 4.79 Å². The highest BCUT2D eigenvalue weighted by atomic mass is 79.9. The highest BCUT2D eigenvalue weighted by Crippen LogP contribution is 2.43. The standard InChI is InChI=1S/C25H21BrO/c26-22-13-6-10-20(16-22)17-25(15-7-11-19-8-2-1-3-9-19)18-21-12-4-5-14-23(21)24(25)27/h1-14,16H,15,17-18H2/b11-7+/t25-/m0/s1. The summed E-state index contributed by atoms with van der Waals surface area (Å²) in [5.74, 6) is 0.274. The van der Waals surface area contributed by atoms with Crippen LogP contribution in [-0.2, 0) is 12.8 Å². The fourth-order valence-corrected chi connectivity index (χ4v) is 4.48. The summed E-state index contributed by atoms with van der Waals surface area (Å²) in [7, 11) is 0. The molecule has 1 aliphatic rings. The number of hydrogen-bond donors (Lipinski definition) is 0. The van der Waals surface area contributed by atoms with Gasteiger partial charge in [0.15, 0.2) is 5.78 Å². The lowest BCUT2D eigenvalue weighted by atomic mass is 9.75. The normalized spacial score (nSPS) is 18.8. The fourth-order valence-electron chi connectivity index (χ4n) is 4.03. The first-order valence-electron chi connectivity index (χ1n) is 9.25. The first-order chi connectivity index (χ1) is 13.2. The Morgan fingerprint density at radius 2 is 1.70 bits per heavy atom. The molecule has 4 rings (SSSR count). The minimum absolute atomic E-state index is 0.274. The molecule has 3 aromatic rings. The van der Waals surface area contributed by atoms with Crippen molar-refractivity contribution in [1.29, 1.82) is 0 Å². The van der Waals surface area contributed by atoms with Crippen molar-refractivity contribution in [3.8, 4) is 0 Å². The molecule has 27 heavy (non-hydrogen) atoms. The summed E-state index contributed by atoms with van der Waals surface area (Å²) in [5.41, 5.74) is 4.01. The van der Waals surface area contributed by atoms with Gasteiger partial charge in [0, 0.05) is 15.5 Å². The van der Waals surface area contributed by atoms with Crippen LogP contribution in [0.2, 0.25) is 0 Å². The van der Waals surface area contributed by atoms with E-state index >= 15 is 0 Å². The second-order valence-electron chi connectivity index (χ2n) is 7.27. The molecule has 0 fully saturated rings. The zero-order valence-electron chi connectivity index (χ0n) is 15.1. The Bertz CT molecular complexity index is 990. The monoisotopic (exact) mass is 416 g/mol. The maximum Gasteiger partial charge on any atom is 0.170 e. The van der Waals surface area contributed by atoms with E-state index in [-0.39, 0.29) is 5.78 Å². The molecule has 1 nitrogen and oxygen atoms in total. The van der Waals surface area contributed by atoms with Gasteiger partial charge >= 0.3 is 0 Å². The molecule has 0 saturated heterocycles. The molecule has 0 N–H and O–H groups in total. The van der Waals surface area contributed by atoms with Gasteiger partial charge < -0.3 is 0 Å². The smallest absolute Gasteiger partial charge is 0.170 e. The van der Waals surface area contributed by atoms with Crippen LogP contribution in [0.15, 0.2) is 89.4 Å². The lowest BCUT2D eigenvalue weighted by molar-refractivity contribution is 0.0821. The Kier molecular flexibility index (Phi) is 5.09. The molecule has 0 heterocycles. The minimum atomic E-state index is -0.407. The van der Waals surface area contributed by atoms with Gasteiger partial charge in [-0.05, 0) is 48.1 Å². The third kappa shape index (κ3) is 3.81. The van der Waals surface area contributed by atoms with Crippen LogP contribution in [0.4, 0.5) is 0 Å². The quantitative estimate of drug-likeness (QED) is 0.462. The summed E-state index contributed by atoms with van der Waals surface area (Å²) >= 11 is 3.56. The van der Waals surface area contributed by atoms with Crippen LogP contribution in [0.25, 0.3) is 6.08 Å². The molecular weight excluding hydrogens is 396 g/mol. The number of ketones is 1. The highest BCUT2D eigenvalue weighted by molar-refractivity contribution is 9.10. The number of rotatable bonds is 5. The van der Waals surface area contributed by atoms with Crippen molar-refractivity contribution >= 4 is 27.8 Å². The van der Waals surface area contributed by atoms with Crippen LogP contribution >= 0.6 is 15.9 Å². The molecule has 134 valence electrons. The summed E-state index contributed by atoms with van der Waals surface area (Å²) in [6.07, 6.45) is 6.57. The fraction of sp³-hybridized carbons (Fsp3) is 0.160. The first-order valence-corrected chi connectivity index (χ1v) is 10.0. The number of benzene rings is 3. The van der Waals surface area contributed by atoms with E-state index in [2.05, 4.69) is 58.4 Å². The van der Waals surface area contributed by atoms with Crippen molar-refractivity contribution in [2.75, 3.05) is 0 Å². The minimum Gasteiger partial charge on any atom is -0.294 e. The Hall–Kier alpha value is -2.45.